The van der Waals surface area contributed by atoms with Crippen LogP contribution in [0.2, 0.25) is 0 Å². The highest BCUT2D eigenvalue weighted by molar-refractivity contribution is 5.52. The van der Waals surface area contributed by atoms with Crippen LogP contribution in [0.4, 0.5) is 11.8 Å². The van der Waals surface area contributed by atoms with E-state index >= 15 is 0 Å². The Kier molecular flexibility index (Phi) is 4.57. The van der Waals surface area contributed by atoms with Gasteiger partial charge in [0.05, 0.1) is 11.4 Å². The molecule has 25 heavy (non-hydrogen) atoms. The van der Waals surface area contributed by atoms with Gasteiger partial charge in [0.2, 0.25) is 5.95 Å². The van der Waals surface area contributed by atoms with Crippen LogP contribution in [0.1, 0.15) is 42.4 Å². The molecule has 4 rings (SSSR count). The first-order chi connectivity index (χ1) is 12.2. The Bertz CT molecular complexity index is 735. The number of H-pyrrole nitrogens is 1. The fourth-order valence-corrected chi connectivity index (χ4v) is 3.32. The molecule has 2 aromatic rings. The fourth-order valence-electron chi connectivity index (χ4n) is 3.32. The lowest BCUT2D eigenvalue weighted by molar-refractivity contribution is 0.708. The minimum Gasteiger partial charge on any atom is -0.367 e. The van der Waals surface area contributed by atoms with E-state index in [-0.39, 0.29) is 6.04 Å². The summed E-state index contributed by atoms with van der Waals surface area (Å²) < 4.78 is 0. The van der Waals surface area contributed by atoms with E-state index in [4.69, 9.17) is 9.97 Å². The molecule has 1 saturated carbocycles. The summed E-state index contributed by atoms with van der Waals surface area (Å²) >= 11 is 0. The van der Waals surface area contributed by atoms with Crippen LogP contribution >= 0.6 is 0 Å². The van der Waals surface area contributed by atoms with Gasteiger partial charge in [-0.25, -0.2) is 4.98 Å². The normalized spacial score (nSPS) is 18.3. The van der Waals surface area contributed by atoms with Crippen LogP contribution in [0.15, 0.2) is 6.07 Å². The standard InChI is InChI=1S/C18H27N7/c1-11(9-14-10-12(2)24-25-14)20-17-15-5-7-19-8-6-16(15)22-18(23-17)21-13-3-4-13/h10-11,13,19H,3-9H2,1-2H3,(H,24,25)(H2,20,21,22,23). The maximum Gasteiger partial charge on any atom is 0.225 e. The predicted octanol–water partition coefficient (Wildman–Crippen LogP) is 1.81. The molecule has 7 nitrogen and oxygen atoms in total. The topological polar surface area (TPSA) is 90.6 Å². The van der Waals surface area contributed by atoms with Crippen molar-refractivity contribution in [3.8, 4) is 0 Å². The van der Waals surface area contributed by atoms with E-state index < -0.39 is 0 Å². The molecule has 0 radical (unpaired) electrons. The van der Waals surface area contributed by atoms with Crippen LogP contribution in [-0.4, -0.2) is 45.3 Å². The average molecular weight is 341 g/mol. The fraction of sp³-hybridized carbons (Fsp3) is 0.611. The molecule has 4 N–H and O–H groups in total. The molecule has 1 aliphatic carbocycles. The molecule has 0 aromatic carbocycles. The summed E-state index contributed by atoms with van der Waals surface area (Å²) in [5, 5.41) is 17.9. The Hall–Kier alpha value is -2.15. The van der Waals surface area contributed by atoms with E-state index in [1.54, 1.807) is 0 Å². The zero-order chi connectivity index (χ0) is 17.2. The number of aromatic amines is 1. The molecular formula is C18H27N7. The van der Waals surface area contributed by atoms with Crippen LogP contribution in [0.5, 0.6) is 0 Å². The number of rotatable bonds is 6. The van der Waals surface area contributed by atoms with Gasteiger partial charge in [-0.05, 0) is 45.7 Å². The molecule has 2 aromatic heterocycles. The predicted molar refractivity (Wildman–Crippen MR) is 99.1 cm³/mol. The lowest BCUT2D eigenvalue weighted by atomic mass is 10.1. The van der Waals surface area contributed by atoms with E-state index in [1.165, 1.54) is 24.1 Å². The van der Waals surface area contributed by atoms with E-state index in [0.29, 0.717) is 6.04 Å². The first-order valence-electron chi connectivity index (χ1n) is 9.32. The summed E-state index contributed by atoms with van der Waals surface area (Å²) in [6.45, 7) is 6.17. The van der Waals surface area contributed by atoms with Gasteiger partial charge in [0, 0.05) is 42.7 Å². The molecule has 0 bridgehead atoms. The van der Waals surface area contributed by atoms with Gasteiger partial charge in [0.25, 0.3) is 0 Å². The van der Waals surface area contributed by atoms with Gasteiger partial charge in [0.1, 0.15) is 5.82 Å². The second-order valence-electron chi connectivity index (χ2n) is 7.28. The Labute approximate surface area is 148 Å². The van der Waals surface area contributed by atoms with Gasteiger partial charge >= 0.3 is 0 Å². The molecule has 7 heteroatoms. The maximum atomic E-state index is 4.81. The number of nitrogens with one attached hydrogen (secondary N) is 4. The van der Waals surface area contributed by atoms with Gasteiger partial charge in [0.15, 0.2) is 0 Å². The van der Waals surface area contributed by atoms with Gasteiger partial charge < -0.3 is 16.0 Å². The molecule has 1 atom stereocenters. The minimum atomic E-state index is 0.256. The number of hydrogen-bond donors (Lipinski definition) is 4. The number of aryl methyl sites for hydroxylation is 1. The van der Waals surface area contributed by atoms with Crippen molar-refractivity contribution < 1.29 is 0 Å². The average Bonchev–Trinajstić information content (AvgIpc) is 3.33. The lowest BCUT2D eigenvalue weighted by Gasteiger charge is -2.19. The molecule has 0 spiro atoms. The molecule has 1 aliphatic heterocycles. The first-order valence-corrected chi connectivity index (χ1v) is 9.32. The van der Waals surface area contributed by atoms with Crippen LogP contribution in [0.3, 0.4) is 0 Å². The molecule has 2 aliphatic rings. The third-order valence-electron chi connectivity index (χ3n) is 4.75. The highest BCUT2D eigenvalue weighted by atomic mass is 15.2. The number of hydrogen-bond acceptors (Lipinski definition) is 6. The van der Waals surface area contributed by atoms with Crippen molar-refractivity contribution in [1.82, 2.24) is 25.5 Å². The van der Waals surface area contributed by atoms with Gasteiger partial charge in [-0.15, -0.1) is 0 Å². The van der Waals surface area contributed by atoms with E-state index in [1.807, 2.05) is 6.92 Å². The summed E-state index contributed by atoms with van der Waals surface area (Å²) in [5.41, 5.74) is 4.61. The quantitative estimate of drug-likeness (QED) is 0.641. The molecule has 0 saturated heterocycles. The number of anilines is 2. The zero-order valence-electron chi connectivity index (χ0n) is 15.0. The van der Waals surface area contributed by atoms with Crippen molar-refractivity contribution in [2.45, 2.75) is 58.0 Å². The third kappa shape index (κ3) is 4.10. The highest BCUT2D eigenvalue weighted by Gasteiger charge is 2.24. The van der Waals surface area contributed by atoms with Crippen LogP contribution in [0.25, 0.3) is 0 Å². The SMILES string of the molecule is Cc1cc(CC(C)Nc2nc(NC3CC3)nc3c2CCNCC3)n[nH]1. The van der Waals surface area contributed by atoms with E-state index in [0.717, 1.165) is 55.5 Å². The van der Waals surface area contributed by atoms with Gasteiger partial charge in [-0.1, -0.05) is 0 Å². The van der Waals surface area contributed by atoms with Crippen molar-refractivity contribution >= 4 is 11.8 Å². The van der Waals surface area contributed by atoms with E-state index in [2.05, 4.69) is 39.1 Å². The van der Waals surface area contributed by atoms with Crippen molar-refractivity contribution in [2.24, 2.45) is 0 Å². The minimum absolute atomic E-state index is 0.256. The molecule has 0 amide bonds. The monoisotopic (exact) mass is 341 g/mol. The van der Waals surface area contributed by atoms with Crippen molar-refractivity contribution in [3.05, 3.63) is 28.7 Å². The van der Waals surface area contributed by atoms with Crippen LogP contribution in [0, 0.1) is 6.92 Å². The summed E-state index contributed by atoms with van der Waals surface area (Å²) in [7, 11) is 0. The number of fused-ring (bicyclic) bond motifs is 1. The smallest absolute Gasteiger partial charge is 0.225 e. The number of aromatic nitrogens is 4. The Morgan fingerprint density at radius 3 is 2.84 bits per heavy atom. The first kappa shape index (κ1) is 16.3. The second-order valence-corrected chi connectivity index (χ2v) is 7.28. The Morgan fingerprint density at radius 2 is 2.08 bits per heavy atom. The molecule has 3 heterocycles. The van der Waals surface area contributed by atoms with Crippen molar-refractivity contribution in [2.75, 3.05) is 23.7 Å². The summed E-state index contributed by atoms with van der Waals surface area (Å²) in [6, 6.07) is 2.91. The van der Waals surface area contributed by atoms with Crippen LogP contribution in [-0.2, 0) is 19.3 Å². The summed E-state index contributed by atoms with van der Waals surface area (Å²) in [5.74, 6) is 1.75. The number of nitrogens with zero attached hydrogens (tertiary/aromatic N) is 3. The summed E-state index contributed by atoms with van der Waals surface area (Å²) in [4.78, 5) is 9.59. The zero-order valence-corrected chi connectivity index (χ0v) is 15.0. The lowest BCUT2D eigenvalue weighted by Crippen LogP contribution is -2.22. The maximum absolute atomic E-state index is 4.81. The van der Waals surface area contributed by atoms with Crippen LogP contribution < -0.4 is 16.0 Å². The van der Waals surface area contributed by atoms with Crippen molar-refractivity contribution in [1.29, 1.82) is 0 Å². The van der Waals surface area contributed by atoms with Crippen molar-refractivity contribution in [3.63, 3.8) is 0 Å². The Balaban J connectivity index is 1.55. The Morgan fingerprint density at radius 1 is 1.24 bits per heavy atom. The van der Waals surface area contributed by atoms with Gasteiger partial charge in [-0.3, -0.25) is 5.10 Å². The highest BCUT2D eigenvalue weighted by Crippen LogP contribution is 2.27. The largest absolute Gasteiger partial charge is 0.367 e. The third-order valence-corrected chi connectivity index (χ3v) is 4.75. The summed E-state index contributed by atoms with van der Waals surface area (Å²) in [6.07, 6.45) is 5.24. The molecule has 1 fully saturated rings. The molecule has 134 valence electrons. The molecule has 1 unspecified atom stereocenters. The molecular weight excluding hydrogens is 314 g/mol. The van der Waals surface area contributed by atoms with Gasteiger partial charge in [-0.2, -0.15) is 10.1 Å². The second kappa shape index (κ2) is 7.00. The van der Waals surface area contributed by atoms with E-state index in [9.17, 15) is 0 Å².